The third kappa shape index (κ3) is 15.9. The first kappa shape index (κ1) is 22.9. The van der Waals surface area contributed by atoms with E-state index in [2.05, 4.69) is 32.9 Å². The average molecular weight is 364 g/mol. The molecule has 0 heterocycles. The molecule has 3 nitrogen and oxygen atoms in total. The molecule has 0 fully saturated rings. The molecule has 1 amide bonds. The number of unbranched alkanes of at least 4 members (excludes halogenated alkanes) is 6. The first-order chi connectivity index (χ1) is 9.52. The zero-order valence-corrected chi connectivity index (χ0v) is 16.0. The standard InChI is InChI=1S/C17H34N2O.BrH/c1-5-7-8-9-10-11-12-13-14-17(20)18-15-16-19(3,4)6-2;/h5H,1,6-16H2,2-4H3;1H/p+1. The molecule has 0 saturated carbocycles. The van der Waals surface area contributed by atoms with E-state index in [4.69, 9.17) is 0 Å². The molecule has 4 heteroatoms. The fourth-order valence-corrected chi connectivity index (χ4v) is 2.03. The molecule has 126 valence electrons. The van der Waals surface area contributed by atoms with Crippen molar-refractivity contribution in [1.29, 1.82) is 0 Å². The smallest absolute Gasteiger partial charge is 0.220 e. The van der Waals surface area contributed by atoms with Gasteiger partial charge in [-0.05, 0) is 26.2 Å². The molecule has 0 aliphatic heterocycles. The molecule has 0 rings (SSSR count). The summed E-state index contributed by atoms with van der Waals surface area (Å²) < 4.78 is 0.963. The maximum atomic E-state index is 11.7. The highest BCUT2D eigenvalue weighted by Gasteiger charge is 2.11. The maximum Gasteiger partial charge on any atom is 0.220 e. The molecular formula is C17H36BrN2O+. The van der Waals surface area contributed by atoms with Crippen molar-refractivity contribution in [1.82, 2.24) is 5.32 Å². The second-order valence-corrected chi connectivity index (χ2v) is 6.27. The molecule has 0 aromatic rings. The number of carbonyl (C=O) groups is 1. The number of hydrogen-bond acceptors (Lipinski definition) is 1. The summed E-state index contributed by atoms with van der Waals surface area (Å²) in [5, 5.41) is 3.03. The van der Waals surface area contributed by atoms with Crippen molar-refractivity contribution >= 4 is 22.9 Å². The first-order valence-electron chi connectivity index (χ1n) is 8.21. The van der Waals surface area contributed by atoms with E-state index in [1.807, 2.05) is 6.08 Å². The van der Waals surface area contributed by atoms with Crippen LogP contribution in [0.15, 0.2) is 12.7 Å². The van der Waals surface area contributed by atoms with Crippen LogP contribution >= 0.6 is 17.0 Å². The van der Waals surface area contributed by atoms with Crippen molar-refractivity contribution in [3.05, 3.63) is 12.7 Å². The Labute approximate surface area is 142 Å². The van der Waals surface area contributed by atoms with Gasteiger partial charge in [-0.25, -0.2) is 0 Å². The molecule has 1 N–H and O–H groups in total. The summed E-state index contributed by atoms with van der Waals surface area (Å²) in [5.74, 6) is 0.216. The van der Waals surface area contributed by atoms with Crippen LogP contribution in [0.25, 0.3) is 0 Å². The highest BCUT2D eigenvalue weighted by molar-refractivity contribution is 8.93. The van der Waals surface area contributed by atoms with Crippen molar-refractivity contribution in [3.8, 4) is 0 Å². The molecule has 0 bridgehead atoms. The van der Waals surface area contributed by atoms with Crippen LogP contribution in [0.5, 0.6) is 0 Å². The van der Waals surface area contributed by atoms with Crippen LogP contribution in [0.1, 0.15) is 58.3 Å². The Morgan fingerprint density at radius 2 is 1.67 bits per heavy atom. The summed E-state index contributed by atoms with van der Waals surface area (Å²) in [6, 6.07) is 0. The summed E-state index contributed by atoms with van der Waals surface area (Å²) in [6.07, 6.45) is 11.1. The lowest BCUT2D eigenvalue weighted by atomic mass is 10.1. The van der Waals surface area contributed by atoms with Gasteiger partial charge in [0, 0.05) is 6.42 Å². The topological polar surface area (TPSA) is 29.1 Å². The first-order valence-corrected chi connectivity index (χ1v) is 8.21. The number of halogens is 1. The minimum absolute atomic E-state index is 0. The summed E-state index contributed by atoms with van der Waals surface area (Å²) in [4.78, 5) is 11.7. The van der Waals surface area contributed by atoms with Gasteiger partial charge in [0.1, 0.15) is 0 Å². The predicted molar refractivity (Wildman–Crippen MR) is 98.0 cm³/mol. The van der Waals surface area contributed by atoms with E-state index in [0.717, 1.165) is 37.0 Å². The minimum atomic E-state index is 0. The highest BCUT2D eigenvalue weighted by atomic mass is 79.9. The van der Waals surface area contributed by atoms with E-state index in [-0.39, 0.29) is 22.9 Å². The SMILES string of the molecule is Br.C=CCCCCCCCCC(=O)NCC[N+](C)(C)CC. The van der Waals surface area contributed by atoms with Crippen LogP contribution in [0.2, 0.25) is 0 Å². The quantitative estimate of drug-likeness (QED) is 0.298. The number of nitrogens with one attached hydrogen (secondary N) is 1. The molecule has 0 radical (unpaired) electrons. The summed E-state index contributed by atoms with van der Waals surface area (Å²) >= 11 is 0. The van der Waals surface area contributed by atoms with Gasteiger partial charge in [0.25, 0.3) is 0 Å². The average Bonchev–Trinajstić information content (AvgIpc) is 2.41. The Morgan fingerprint density at radius 1 is 1.10 bits per heavy atom. The molecule has 0 aromatic heterocycles. The minimum Gasteiger partial charge on any atom is -0.350 e. The maximum absolute atomic E-state index is 11.7. The number of nitrogens with zero attached hydrogens (tertiary/aromatic N) is 1. The van der Waals surface area contributed by atoms with Gasteiger partial charge in [-0.2, -0.15) is 0 Å². The fourth-order valence-electron chi connectivity index (χ4n) is 2.03. The Hall–Kier alpha value is -0.350. The van der Waals surface area contributed by atoms with Crippen molar-refractivity contribution in [3.63, 3.8) is 0 Å². The molecule has 0 aliphatic carbocycles. The third-order valence-corrected chi connectivity index (χ3v) is 3.96. The van der Waals surface area contributed by atoms with Gasteiger partial charge in [0.2, 0.25) is 5.91 Å². The van der Waals surface area contributed by atoms with E-state index in [1.54, 1.807) is 0 Å². The number of carbonyl (C=O) groups excluding carboxylic acids is 1. The molecule has 0 unspecified atom stereocenters. The van der Waals surface area contributed by atoms with Gasteiger partial charge in [0.05, 0.1) is 33.7 Å². The lowest BCUT2D eigenvalue weighted by Crippen LogP contribution is -2.45. The van der Waals surface area contributed by atoms with Crippen LogP contribution in [-0.2, 0) is 4.79 Å². The van der Waals surface area contributed by atoms with E-state index >= 15 is 0 Å². The van der Waals surface area contributed by atoms with Gasteiger partial charge in [-0.3, -0.25) is 4.79 Å². The fraction of sp³-hybridized carbons (Fsp3) is 0.824. The normalized spacial score (nSPS) is 10.8. The van der Waals surface area contributed by atoms with Crippen LogP contribution in [0.4, 0.5) is 0 Å². The zero-order chi connectivity index (χ0) is 15.3. The Morgan fingerprint density at radius 3 is 2.24 bits per heavy atom. The second-order valence-electron chi connectivity index (χ2n) is 6.27. The second kappa shape index (κ2) is 14.6. The van der Waals surface area contributed by atoms with Gasteiger partial charge in [-0.15, -0.1) is 23.6 Å². The van der Waals surface area contributed by atoms with Gasteiger partial charge in [-0.1, -0.05) is 31.8 Å². The Kier molecular flexibility index (Phi) is 15.9. The van der Waals surface area contributed by atoms with Gasteiger partial charge < -0.3 is 9.80 Å². The van der Waals surface area contributed by atoms with E-state index in [1.165, 1.54) is 32.1 Å². The monoisotopic (exact) mass is 363 g/mol. The van der Waals surface area contributed by atoms with E-state index in [0.29, 0.717) is 6.42 Å². The zero-order valence-electron chi connectivity index (χ0n) is 14.3. The number of hydrogen-bond donors (Lipinski definition) is 1. The largest absolute Gasteiger partial charge is 0.350 e. The molecular weight excluding hydrogens is 328 g/mol. The molecule has 21 heavy (non-hydrogen) atoms. The molecule has 0 atom stereocenters. The predicted octanol–water partition coefficient (Wildman–Crippen LogP) is 4.08. The number of allylic oxidation sites excluding steroid dienone is 1. The molecule has 0 spiro atoms. The molecule has 0 saturated heterocycles. The summed E-state index contributed by atoms with van der Waals surface area (Å²) in [7, 11) is 4.39. The van der Waals surface area contributed by atoms with Crippen molar-refractivity contribution < 1.29 is 9.28 Å². The van der Waals surface area contributed by atoms with Crippen LogP contribution < -0.4 is 5.32 Å². The van der Waals surface area contributed by atoms with Crippen LogP contribution in [0.3, 0.4) is 0 Å². The molecule has 0 aromatic carbocycles. The third-order valence-electron chi connectivity index (χ3n) is 3.96. The Balaban J connectivity index is 0. The van der Waals surface area contributed by atoms with Crippen molar-refractivity contribution in [2.75, 3.05) is 33.7 Å². The highest BCUT2D eigenvalue weighted by Crippen LogP contribution is 2.08. The summed E-state index contributed by atoms with van der Waals surface area (Å²) in [6.45, 7) is 8.80. The van der Waals surface area contributed by atoms with Crippen molar-refractivity contribution in [2.24, 2.45) is 0 Å². The molecule has 0 aliphatic rings. The number of likely N-dealkylation sites (N-methyl/N-ethyl adjacent to an activating group) is 1. The van der Waals surface area contributed by atoms with E-state index < -0.39 is 0 Å². The van der Waals surface area contributed by atoms with Gasteiger partial charge >= 0.3 is 0 Å². The lowest BCUT2D eigenvalue weighted by molar-refractivity contribution is -0.887. The number of quaternary nitrogens is 1. The Bertz CT molecular complexity index is 268. The van der Waals surface area contributed by atoms with Crippen molar-refractivity contribution in [2.45, 2.75) is 58.3 Å². The van der Waals surface area contributed by atoms with Gasteiger partial charge in [0.15, 0.2) is 0 Å². The number of rotatable bonds is 13. The van der Waals surface area contributed by atoms with Crippen LogP contribution in [0, 0.1) is 0 Å². The summed E-state index contributed by atoms with van der Waals surface area (Å²) in [5.41, 5.74) is 0. The van der Waals surface area contributed by atoms with E-state index in [9.17, 15) is 4.79 Å². The van der Waals surface area contributed by atoms with Crippen LogP contribution in [-0.4, -0.2) is 44.1 Å². The lowest BCUT2D eigenvalue weighted by Gasteiger charge is -2.28. The number of amides is 1.